The number of nitrogens with zero attached hydrogens (tertiary/aromatic N) is 2. The number of carbonyl (C=O) groups is 1. The summed E-state index contributed by atoms with van der Waals surface area (Å²) in [5.41, 5.74) is 3.75. The Bertz CT molecular complexity index is 1910. The Kier molecular flexibility index (Phi) is 9.84. The van der Waals surface area contributed by atoms with Crippen molar-refractivity contribution in [1.29, 1.82) is 0 Å². The van der Waals surface area contributed by atoms with Gasteiger partial charge in [-0.25, -0.2) is 8.42 Å². The summed E-state index contributed by atoms with van der Waals surface area (Å²) in [6, 6.07) is 15.2. The molecule has 1 aliphatic carbocycles. The second-order valence-electron chi connectivity index (χ2n) is 12.4. The van der Waals surface area contributed by atoms with E-state index in [4.69, 9.17) is 0 Å². The zero-order valence-corrected chi connectivity index (χ0v) is 29.7. The molecule has 0 bridgehead atoms. The van der Waals surface area contributed by atoms with Crippen molar-refractivity contribution in [3.8, 4) is 0 Å². The summed E-state index contributed by atoms with van der Waals surface area (Å²) in [6.45, 7) is 8.34. The van der Waals surface area contributed by atoms with E-state index >= 15 is 0 Å². The van der Waals surface area contributed by atoms with Crippen molar-refractivity contribution in [2.75, 3.05) is 29.5 Å². The molecule has 10 nitrogen and oxygen atoms in total. The fourth-order valence-corrected chi connectivity index (χ4v) is 7.43. The SMILES string of the molecule is CC1(C)C(=CC2=C([O-])C(=CC3=[N+](CCCS(=O)(=O)[O-])c4ccccc4C3(C)C)C2=O)N(CCCS(=O)(=O)O)c2ccccc21.[Na+]. The average molecular weight is 663 g/mol. The quantitative estimate of drug-likeness (QED) is 0.161. The Morgan fingerprint density at radius 1 is 0.889 bits per heavy atom. The minimum atomic E-state index is -4.41. The van der Waals surface area contributed by atoms with Gasteiger partial charge in [0.05, 0.1) is 21.3 Å². The Labute approximate surface area is 286 Å². The maximum atomic E-state index is 13.6. The molecule has 0 saturated heterocycles. The van der Waals surface area contributed by atoms with Gasteiger partial charge in [-0.05, 0) is 38.0 Å². The summed E-state index contributed by atoms with van der Waals surface area (Å²) in [5, 5.41) is 13.6. The van der Waals surface area contributed by atoms with Gasteiger partial charge in [-0.1, -0.05) is 56.0 Å². The van der Waals surface area contributed by atoms with Crippen molar-refractivity contribution in [1.82, 2.24) is 0 Å². The van der Waals surface area contributed by atoms with E-state index in [1.807, 2.05) is 85.7 Å². The second-order valence-corrected chi connectivity index (χ2v) is 15.5. The van der Waals surface area contributed by atoms with Gasteiger partial charge in [0.1, 0.15) is 6.54 Å². The summed E-state index contributed by atoms with van der Waals surface area (Å²) >= 11 is 0. The normalized spacial score (nSPS) is 20.4. The van der Waals surface area contributed by atoms with E-state index in [0.29, 0.717) is 11.4 Å². The van der Waals surface area contributed by atoms with Gasteiger partial charge < -0.3 is 14.6 Å². The van der Waals surface area contributed by atoms with Gasteiger partial charge in [-0.2, -0.15) is 13.0 Å². The molecular formula is C32H35N2NaO8S2. The summed E-state index contributed by atoms with van der Waals surface area (Å²) < 4.78 is 67.7. The molecular weight excluding hydrogens is 627 g/mol. The van der Waals surface area contributed by atoms with Crippen LogP contribution >= 0.6 is 0 Å². The zero-order valence-electron chi connectivity index (χ0n) is 26.0. The van der Waals surface area contributed by atoms with E-state index in [-0.39, 0.29) is 66.6 Å². The molecule has 0 amide bonds. The van der Waals surface area contributed by atoms with Gasteiger partial charge in [0.15, 0.2) is 11.5 Å². The molecule has 2 aliphatic heterocycles. The molecule has 2 aromatic carbocycles. The van der Waals surface area contributed by atoms with Gasteiger partial charge >= 0.3 is 29.6 Å². The molecule has 45 heavy (non-hydrogen) atoms. The second kappa shape index (κ2) is 12.6. The molecule has 0 unspecified atom stereocenters. The van der Waals surface area contributed by atoms with E-state index in [9.17, 15) is 35.8 Å². The monoisotopic (exact) mass is 662 g/mol. The number of para-hydroxylation sites is 2. The Balaban J connectivity index is 0.00000461. The number of allylic oxidation sites excluding steroid dienone is 5. The van der Waals surface area contributed by atoms with Crippen LogP contribution in [-0.4, -0.2) is 66.6 Å². The Hall–Kier alpha value is -2.58. The minimum Gasteiger partial charge on any atom is -0.871 e. The van der Waals surface area contributed by atoms with Crippen LogP contribution in [-0.2, 0) is 35.9 Å². The van der Waals surface area contributed by atoms with Crippen LogP contribution in [0.1, 0.15) is 51.7 Å². The van der Waals surface area contributed by atoms with Gasteiger partial charge in [-0.3, -0.25) is 9.35 Å². The van der Waals surface area contributed by atoms with Crippen LogP contribution in [0, 0.1) is 0 Å². The number of Topliss-reactive ketones (excluding diaryl/α,β-unsaturated/α-hetero) is 1. The maximum Gasteiger partial charge on any atom is 1.00 e. The Morgan fingerprint density at radius 3 is 2.13 bits per heavy atom. The number of hydrogen-bond acceptors (Lipinski definition) is 8. The van der Waals surface area contributed by atoms with Gasteiger partial charge in [-0.15, -0.1) is 0 Å². The molecule has 0 fully saturated rings. The predicted molar refractivity (Wildman–Crippen MR) is 164 cm³/mol. The van der Waals surface area contributed by atoms with Gasteiger partial charge in [0, 0.05) is 64.4 Å². The predicted octanol–water partition coefficient (Wildman–Crippen LogP) is 0.0852. The Morgan fingerprint density at radius 2 is 1.51 bits per heavy atom. The fraction of sp³-hybridized carbons (Fsp3) is 0.375. The van der Waals surface area contributed by atoms with Crippen LogP contribution in [0.3, 0.4) is 0 Å². The van der Waals surface area contributed by atoms with Crippen LogP contribution in [0.25, 0.3) is 0 Å². The molecule has 0 atom stereocenters. The van der Waals surface area contributed by atoms with Crippen molar-refractivity contribution in [2.45, 2.75) is 51.4 Å². The minimum absolute atomic E-state index is 0. The molecule has 234 valence electrons. The zero-order chi connectivity index (χ0) is 32.2. The molecule has 0 radical (unpaired) electrons. The number of carbonyl (C=O) groups excluding carboxylic acids is 1. The van der Waals surface area contributed by atoms with Crippen molar-refractivity contribution in [3.63, 3.8) is 0 Å². The van der Waals surface area contributed by atoms with Crippen molar-refractivity contribution in [2.24, 2.45) is 0 Å². The number of hydrogen-bond donors (Lipinski definition) is 1. The number of ketones is 1. The number of anilines is 1. The average Bonchev–Trinajstić information content (AvgIpc) is 3.27. The molecule has 0 saturated carbocycles. The van der Waals surface area contributed by atoms with Crippen LogP contribution in [0.15, 0.2) is 83.3 Å². The maximum absolute atomic E-state index is 13.6. The summed E-state index contributed by atoms with van der Waals surface area (Å²) in [6.07, 6.45) is 3.39. The van der Waals surface area contributed by atoms with Crippen molar-refractivity contribution < 1.29 is 70.0 Å². The van der Waals surface area contributed by atoms with Gasteiger partial charge in [0.2, 0.25) is 5.69 Å². The summed E-state index contributed by atoms with van der Waals surface area (Å²) in [5.74, 6) is -1.80. The standard InChI is InChI=1S/C32H36N2O8S2.Na/c1-31(2)23-11-5-7-13-25(23)33(15-9-17-43(37,38)39)27(31)19-21-29(35)22(30(21)36)20-28-32(3,4)24-12-6-8-14-26(24)34(28)16-10-18-44(40,41)42;/h5-8,11-14,19-20H,9-10,15-18H2,1-4H3,(H2-,35,36,37,38,39,40,41,42);/q;+1/p-1. The first kappa shape index (κ1) is 35.3. The van der Waals surface area contributed by atoms with Crippen LogP contribution in [0.2, 0.25) is 0 Å². The molecule has 5 rings (SSSR count). The number of fused-ring (bicyclic) bond motifs is 2. The molecule has 1 N–H and O–H groups in total. The van der Waals surface area contributed by atoms with E-state index < -0.39 is 54.1 Å². The largest absolute Gasteiger partial charge is 1.00 e. The fourth-order valence-electron chi connectivity index (χ4n) is 6.46. The molecule has 0 aromatic heterocycles. The van der Waals surface area contributed by atoms with E-state index in [1.54, 1.807) is 12.2 Å². The third-order valence-electron chi connectivity index (χ3n) is 8.70. The first-order valence-corrected chi connectivity index (χ1v) is 17.5. The molecule has 0 spiro atoms. The summed E-state index contributed by atoms with van der Waals surface area (Å²) in [7, 11) is -8.56. The van der Waals surface area contributed by atoms with E-state index in [1.165, 1.54) is 0 Å². The molecule has 2 aromatic rings. The molecule has 13 heteroatoms. The van der Waals surface area contributed by atoms with E-state index in [0.717, 1.165) is 22.5 Å². The number of benzene rings is 2. The van der Waals surface area contributed by atoms with Crippen LogP contribution < -0.4 is 39.6 Å². The molecule has 3 aliphatic rings. The first-order valence-electron chi connectivity index (χ1n) is 14.3. The first-order chi connectivity index (χ1) is 20.4. The van der Waals surface area contributed by atoms with Gasteiger partial charge in [0.25, 0.3) is 10.1 Å². The van der Waals surface area contributed by atoms with Crippen LogP contribution in [0.5, 0.6) is 0 Å². The third-order valence-corrected chi connectivity index (χ3v) is 10.3. The van der Waals surface area contributed by atoms with Crippen LogP contribution in [0.4, 0.5) is 11.4 Å². The summed E-state index contributed by atoms with van der Waals surface area (Å²) in [4.78, 5) is 15.5. The topological polar surface area (TPSA) is 158 Å². The van der Waals surface area contributed by atoms with Crippen molar-refractivity contribution >= 4 is 43.1 Å². The third kappa shape index (κ3) is 6.78. The molecule has 2 heterocycles. The van der Waals surface area contributed by atoms with E-state index in [2.05, 4.69) is 0 Å². The number of rotatable bonds is 10. The smallest absolute Gasteiger partial charge is 0.871 e. The van der Waals surface area contributed by atoms with Crippen molar-refractivity contribution in [3.05, 3.63) is 94.4 Å².